The fourth-order valence-corrected chi connectivity index (χ4v) is 2.72. The van der Waals surface area contributed by atoms with E-state index in [2.05, 4.69) is 30.2 Å². The number of aryl methyl sites for hydroxylation is 1. The Hall–Kier alpha value is -3.55. The second kappa shape index (κ2) is 6.99. The van der Waals surface area contributed by atoms with E-state index in [-0.39, 0.29) is 5.56 Å². The van der Waals surface area contributed by atoms with Crippen LogP contribution in [-0.2, 0) is 0 Å². The lowest BCUT2D eigenvalue weighted by Crippen LogP contribution is -2.01. The summed E-state index contributed by atoms with van der Waals surface area (Å²) < 4.78 is 19.9. The maximum absolute atomic E-state index is 14.6. The third kappa shape index (κ3) is 3.41. The van der Waals surface area contributed by atoms with Gasteiger partial charge in [0.15, 0.2) is 5.82 Å². The number of nitrogens with zero attached hydrogens (tertiary/aromatic N) is 4. The monoisotopic (exact) mass is 364 g/mol. The summed E-state index contributed by atoms with van der Waals surface area (Å²) in [5, 5.41) is 3.92. The molecule has 27 heavy (non-hydrogen) atoms. The number of hydrogen-bond donors (Lipinski definition) is 2. The number of anilines is 2. The molecule has 0 aliphatic carbocycles. The van der Waals surface area contributed by atoms with E-state index >= 15 is 0 Å². The Morgan fingerprint density at radius 1 is 1.11 bits per heavy atom. The molecule has 0 spiro atoms. The van der Waals surface area contributed by atoms with Gasteiger partial charge < -0.3 is 15.0 Å². The molecular weight excluding hydrogens is 347 g/mol. The molecule has 0 radical (unpaired) electrons. The molecule has 0 saturated heterocycles. The van der Waals surface area contributed by atoms with Crippen LogP contribution in [0.5, 0.6) is 5.88 Å². The van der Waals surface area contributed by atoms with Gasteiger partial charge in [-0.2, -0.15) is 4.39 Å². The Morgan fingerprint density at radius 3 is 2.74 bits per heavy atom. The van der Waals surface area contributed by atoms with Crippen molar-refractivity contribution in [2.24, 2.45) is 0 Å². The molecule has 7 nitrogen and oxygen atoms in total. The molecule has 0 aliphatic rings. The van der Waals surface area contributed by atoms with Gasteiger partial charge >= 0.3 is 0 Å². The first-order chi connectivity index (χ1) is 13.1. The predicted octanol–water partition coefficient (Wildman–Crippen LogP) is 4.00. The molecule has 0 fully saturated rings. The van der Waals surface area contributed by atoms with Crippen LogP contribution in [0.25, 0.3) is 22.4 Å². The lowest BCUT2D eigenvalue weighted by atomic mass is 10.2. The van der Waals surface area contributed by atoms with Crippen LogP contribution in [0, 0.1) is 12.9 Å². The third-order valence-electron chi connectivity index (χ3n) is 4.00. The second-order valence-electron chi connectivity index (χ2n) is 5.85. The van der Waals surface area contributed by atoms with Crippen LogP contribution in [0.4, 0.5) is 15.9 Å². The number of halogens is 1. The zero-order chi connectivity index (χ0) is 18.8. The number of fused-ring (bicyclic) bond motifs is 1. The van der Waals surface area contributed by atoms with Crippen LogP contribution in [-0.4, -0.2) is 31.5 Å². The van der Waals surface area contributed by atoms with E-state index in [0.717, 1.165) is 11.1 Å². The largest absolute Gasteiger partial charge is 0.478 e. The van der Waals surface area contributed by atoms with E-state index in [1.165, 1.54) is 0 Å². The van der Waals surface area contributed by atoms with E-state index in [9.17, 15) is 4.39 Å². The van der Waals surface area contributed by atoms with E-state index in [0.29, 0.717) is 35.5 Å². The second-order valence-corrected chi connectivity index (χ2v) is 5.85. The third-order valence-corrected chi connectivity index (χ3v) is 4.00. The molecule has 0 atom stereocenters. The normalized spacial score (nSPS) is 10.9. The minimum absolute atomic E-state index is 0.241. The highest BCUT2D eigenvalue weighted by Crippen LogP contribution is 2.24. The summed E-state index contributed by atoms with van der Waals surface area (Å²) in [6.07, 6.45) is 3.38. The number of aromatic amines is 1. The lowest BCUT2D eigenvalue weighted by Gasteiger charge is -2.08. The summed E-state index contributed by atoms with van der Waals surface area (Å²) in [5.41, 5.74) is 2.36. The van der Waals surface area contributed by atoms with E-state index < -0.39 is 5.95 Å². The minimum atomic E-state index is -0.649. The van der Waals surface area contributed by atoms with E-state index in [4.69, 9.17) is 4.74 Å². The summed E-state index contributed by atoms with van der Waals surface area (Å²) in [7, 11) is 0. The van der Waals surface area contributed by atoms with E-state index in [1.807, 2.05) is 19.9 Å². The molecule has 0 unspecified atom stereocenters. The van der Waals surface area contributed by atoms with Crippen molar-refractivity contribution in [1.82, 2.24) is 24.9 Å². The lowest BCUT2D eigenvalue weighted by molar-refractivity contribution is 0.327. The van der Waals surface area contributed by atoms with Gasteiger partial charge in [-0.3, -0.25) is 0 Å². The fourth-order valence-electron chi connectivity index (χ4n) is 2.72. The number of hydrogen-bond acceptors (Lipinski definition) is 6. The maximum atomic E-state index is 14.6. The van der Waals surface area contributed by atoms with Crippen molar-refractivity contribution in [1.29, 1.82) is 0 Å². The number of aromatic nitrogens is 5. The van der Waals surface area contributed by atoms with Crippen LogP contribution >= 0.6 is 0 Å². The molecule has 0 aliphatic heterocycles. The average molecular weight is 364 g/mol. The number of H-pyrrole nitrogens is 1. The van der Waals surface area contributed by atoms with Crippen molar-refractivity contribution in [2.75, 3.05) is 11.9 Å². The van der Waals surface area contributed by atoms with Crippen LogP contribution in [0.1, 0.15) is 12.6 Å². The molecule has 8 heteroatoms. The van der Waals surface area contributed by atoms with Gasteiger partial charge in [0, 0.05) is 17.6 Å². The molecule has 4 aromatic heterocycles. The molecular formula is C19H17FN6O. The molecule has 2 N–H and O–H groups in total. The average Bonchev–Trinajstić information content (AvgIpc) is 3.13. The molecule has 0 bridgehead atoms. The van der Waals surface area contributed by atoms with Crippen molar-refractivity contribution in [3.63, 3.8) is 0 Å². The topological polar surface area (TPSA) is 88.6 Å². The first kappa shape index (κ1) is 16.9. The zero-order valence-corrected chi connectivity index (χ0v) is 14.8. The first-order valence-corrected chi connectivity index (χ1v) is 8.48. The molecule has 4 rings (SSSR count). The van der Waals surface area contributed by atoms with Gasteiger partial charge in [-0.15, -0.1) is 0 Å². The van der Waals surface area contributed by atoms with Crippen LogP contribution in [0.3, 0.4) is 0 Å². The zero-order valence-electron chi connectivity index (χ0n) is 14.8. The van der Waals surface area contributed by atoms with Gasteiger partial charge in [0.25, 0.3) is 0 Å². The Labute approximate surface area is 154 Å². The minimum Gasteiger partial charge on any atom is -0.478 e. The Balaban J connectivity index is 1.60. The standard InChI is InChI=1S/C19H17FN6O/c1-3-27-16-7-4-12(10-22-16)24-15-6-5-14(17(20)25-15)19-23-11(2)13-8-9-21-18(13)26-19/h4-10H,3H2,1-2H3,(H,24,25)(H,21,23,26). The molecule has 0 aromatic carbocycles. The van der Waals surface area contributed by atoms with Gasteiger partial charge in [0.05, 0.1) is 29.7 Å². The first-order valence-electron chi connectivity index (χ1n) is 8.48. The van der Waals surface area contributed by atoms with Crippen molar-refractivity contribution >= 4 is 22.5 Å². The molecule has 4 aromatic rings. The van der Waals surface area contributed by atoms with Crippen LogP contribution < -0.4 is 10.1 Å². The van der Waals surface area contributed by atoms with Crippen molar-refractivity contribution in [3.05, 3.63) is 54.4 Å². The number of rotatable bonds is 5. The highest BCUT2D eigenvalue weighted by atomic mass is 19.1. The molecule has 0 amide bonds. The van der Waals surface area contributed by atoms with Gasteiger partial charge in [0.2, 0.25) is 11.8 Å². The summed E-state index contributed by atoms with van der Waals surface area (Å²) in [6.45, 7) is 4.30. The highest BCUT2D eigenvalue weighted by molar-refractivity contribution is 5.80. The quantitative estimate of drug-likeness (QED) is 0.520. The van der Waals surface area contributed by atoms with E-state index in [1.54, 1.807) is 36.7 Å². The van der Waals surface area contributed by atoms with Crippen molar-refractivity contribution < 1.29 is 9.13 Å². The number of ether oxygens (including phenoxy) is 1. The fraction of sp³-hybridized carbons (Fsp3) is 0.158. The number of nitrogens with one attached hydrogen (secondary N) is 2. The summed E-state index contributed by atoms with van der Waals surface area (Å²) in [6, 6.07) is 8.69. The van der Waals surface area contributed by atoms with Crippen molar-refractivity contribution in [3.8, 4) is 17.3 Å². The van der Waals surface area contributed by atoms with Crippen molar-refractivity contribution in [2.45, 2.75) is 13.8 Å². The van der Waals surface area contributed by atoms with Crippen LogP contribution in [0.15, 0.2) is 42.7 Å². The summed E-state index contributed by atoms with van der Waals surface area (Å²) in [5.74, 6) is 0.538. The molecule has 4 heterocycles. The van der Waals surface area contributed by atoms with Gasteiger partial charge in [-0.05, 0) is 38.1 Å². The van der Waals surface area contributed by atoms with Gasteiger partial charge in [-0.1, -0.05) is 0 Å². The summed E-state index contributed by atoms with van der Waals surface area (Å²) in [4.78, 5) is 19.9. The highest BCUT2D eigenvalue weighted by Gasteiger charge is 2.13. The summed E-state index contributed by atoms with van der Waals surface area (Å²) >= 11 is 0. The molecule has 0 saturated carbocycles. The maximum Gasteiger partial charge on any atom is 0.225 e. The predicted molar refractivity (Wildman–Crippen MR) is 101 cm³/mol. The Morgan fingerprint density at radius 2 is 2.00 bits per heavy atom. The van der Waals surface area contributed by atoms with Gasteiger partial charge in [0.1, 0.15) is 11.5 Å². The number of pyridine rings is 2. The SMILES string of the molecule is CCOc1ccc(Nc2ccc(-c3nc(C)c4cc[nH]c4n3)c(F)n2)cn1. The smallest absolute Gasteiger partial charge is 0.225 e. The van der Waals surface area contributed by atoms with Gasteiger partial charge in [-0.25, -0.2) is 19.9 Å². The Bertz CT molecular complexity index is 1090. The Kier molecular flexibility index (Phi) is 4.37. The molecule has 136 valence electrons. The van der Waals surface area contributed by atoms with Crippen LogP contribution in [0.2, 0.25) is 0 Å².